The summed E-state index contributed by atoms with van der Waals surface area (Å²) in [6.45, 7) is 18.2. The number of Topliss-reactive ketones (excluding diaryl/α,β-unsaturated/α-hetero) is 1. The van der Waals surface area contributed by atoms with Crippen LogP contribution in [0.4, 0.5) is 0 Å². The van der Waals surface area contributed by atoms with E-state index < -0.39 is 25.1 Å². The van der Waals surface area contributed by atoms with Gasteiger partial charge in [0.15, 0.2) is 14.1 Å². The zero-order valence-electron chi connectivity index (χ0n) is 18.5. The quantitative estimate of drug-likeness (QED) is 0.383. The van der Waals surface area contributed by atoms with Gasteiger partial charge in [0.25, 0.3) is 0 Å². The number of nitrogens with zero attached hydrogens (tertiary/aromatic N) is 1. The van der Waals surface area contributed by atoms with Crippen LogP contribution in [0.2, 0.25) is 18.1 Å². The molecule has 0 aromatic carbocycles. The number of rotatable bonds is 7. The number of esters is 1. The molecular formula is C21H35NO4Si. The third kappa shape index (κ3) is 5.05. The van der Waals surface area contributed by atoms with Crippen LogP contribution in [-0.2, 0) is 30.8 Å². The predicted molar refractivity (Wildman–Crippen MR) is 110 cm³/mol. The number of ketones is 1. The number of ether oxygens (including phenoxy) is 1. The Kier molecular flexibility index (Phi) is 6.82. The van der Waals surface area contributed by atoms with Crippen molar-refractivity contribution < 1.29 is 18.8 Å². The van der Waals surface area contributed by atoms with Crippen LogP contribution in [0.25, 0.3) is 0 Å². The van der Waals surface area contributed by atoms with E-state index in [4.69, 9.17) is 9.16 Å². The first-order valence-corrected chi connectivity index (χ1v) is 12.2. The first kappa shape index (κ1) is 23.5. The summed E-state index contributed by atoms with van der Waals surface area (Å²) < 4.78 is 11.1. The number of hydrogen-bond donors (Lipinski definition) is 0. The van der Waals surface area contributed by atoms with Crippen LogP contribution in [0, 0.1) is 5.41 Å². The fourth-order valence-corrected chi connectivity index (χ4v) is 3.57. The van der Waals surface area contributed by atoms with Crippen molar-refractivity contribution in [2.75, 3.05) is 7.11 Å². The lowest BCUT2D eigenvalue weighted by molar-refractivity contribution is -0.157. The minimum absolute atomic E-state index is 0.115. The van der Waals surface area contributed by atoms with E-state index in [-0.39, 0.29) is 10.8 Å². The van der Waals surface area contributed by atoms with Crippen LogP contribution >= 0.6 is 0 Å². The Morgan fingerprint density at radius 1 is 1.04 bits per heavy atom. The number of carbonyl (C=O) groups excluding carboxylic acids is 2. The lowest BCUT2D eigenvalue weighted by atomic mass is 9.71. The highest BCUT2D eigenvalue weighted by atomic mass is 28.4. The molecule has 0 aliphatic rings. The van der Waals surface area contributed by atoms with Crippen LogP contribution in [0.3, 0.4) is 0 Å². The van der Waals surface area contributed by atoms with Crippen molar-refractivity contribution in [1.82, 2.24) is 4.98 Å². The molecule has 0 spiro atoms. The summed E-state index contributed by atoms with van der Waals surface area (Å²) in [6.07, 6.45) is 0. The second-order valence-electron chi connectivity index (χ2n) is 9.63. The zero-order valence-corrected chi connectivity index (χ0v) is 19.5. The Balaban J connectivity index is 3.10. The molecular weight excluding hydrogens is 358 g/mol. The van der Waals surface area contributed by atoms with Gasteiger partial charge in [-0.3, -0.25) is 14.6 Å². The number of hydrogen-bond acceptors (Lipinski definition) is 5. The molecule has 5 nitrogen and oxygen atoms in total. The Labute approximate surface area is 165 Å². The van der Waals surface area contributed by atoms with Crippen LogP contribution in [0.1, 0.15) is 59.9 Å². The molecule has 0 fully saturated rings. The maximum Gasteiger partial charge on any atom is 0.318 e. The molecule has 0 radical (unpaired) electrons. The average molecular weight is 394 g/mol. The van der Waals surface area contributed by atoms with Crippen LogP contribution in [0.15, 0.2) is 18.2 Å². The number of pyridine rings is 1. The molecule has 1 rings (SSSR count). The van der Waals surface area contributed by atoms with E-state index in [9.17, 15) is 9.59 Å². The Morgan fingerprint density at radius 3 is 2.07 bits per heavy atom. The van der Waals surface area contributed by atoms with Gasteiger partial charge >= 0.3 is 5.97 Å². The van der Waals surface area contributed by atoms with E-state index in [0.717, 1.165) is 5.69 Å². The third-order valence-corrected chi connectivity index (χ3v) is 10.1. The normalized spacial score (nSPS) is 13.4. The molecule has 0 aliphatic heterocycles. The summed E-state index contributed by atoms with van der Waals surface area (Å²) in [5.74, 6) is -0.769. The largest absolute Gasteiger partial charge is 0.468 e. The van der Waals surface area contributed by atoms with Crippen molar-refractivity contribution in [3.05, 3.63) is 29.6 Å². The van der Waals surface area contributed by atoms with Gasteiger partial charge < -0.3 is 9.16 Å². The summed E-state index contributed by atoms with van der Waals surface area (Å²) in [6, 6.07) is 5.61. The van der Waals surface area contributed by atoms with Crippen molar-refractivity contribution in [2.24, 2.45) is 5.41 Å². The van der Waals surface area contributed by atoms with Gasteiger partial charge in [-0.1, -0.05) is 26.8 Å². The second-order valence-corrected chi connectivity index (χ2v) is 14.4. The fraction of sp³-hybridized carbons (Fsp3) is 0.667. The smallest absolute Gasteiger partial charge is 0.318 e. The topological polar surface area (TPSA) is 65.5 Å². The molecule has 0 amide bonds. The molecule has 0 N–H and O–H groups in total. The van der Waals surface area contributed by atoms with E-state index in [0.29, 0.717) is 12.3 Å². The fourth-order valence-electron chi connectivity index (χ4n) is 2.62. The summed E-state index contributed by atoms with van der Waals surface area (Å²) >= 11 is 0. The molecule has 27 heavy (non-hydrogen) atoms. The summed E-state index contributed by atoms with van der Waals surface area (Å²) in [7, 11) is -0.598. The minimum atomic E-state index is -1.89. The molecule has 152 valence electrons. The first-order chi connectivity index (χ1) is 12.1. The van der Waals surface area contributed by atoms with Gasteiger partial charge in [0.05, 0.1) is 30.5 Å². The molecule has 0 aliphatic carbocycles. The van der Waals surface area contributed by atoms with Crippen molar-refractivity contribution in [3.63, 3.8) is 0 Å². The third-order valence-electron chi connectivity index (χ3n) is 5.67. The number of methoxy groups -OCH3 is 1. The highest BCUT2D eigenvalue weighted by molar-refractivity contribution is 6.74. The van der Waals surface area contributed by atoms with E-state index in [1.54, 1.807) is 27.7 Å². The highest BCUT2D eigenvalue weighted by Crippen LogP contribution is 2.37. The first-order valence-electron chi connectivity index (χ1n) is 9.31. The molecule has 0 bridgehead atoms. The standard InChI is InChI=1S/C21H35NO4Si/c1-19(2,3)27(9,10)26-14-15-12-11-13-16(22-15)20(4,5)17(23)21(6,7)18(24)25-8/h11-13H,14H2,1-10H3. The Hall–Kier alpha value is -1.53. The van der Waals surface area contributed by atoms with Gasteiger partial charge in [0.1, 0.15) is 5.41 Å². The molecule has 0 saturated carbocycles. The molecule has 0 unspecified atom stereocenters. The maximum atomic E-state index is 13.1. The van der Waals surface area contributed by atoms with E-state index in [1.165, 1.54) is 7.11 Å². The zero-order chi connectivity index (χ0) is 21.3. The SMILES string of the molecule is COC(=O)C(C)(C)C(=O)C(C)(C)c1cccc(CO[Si](C)(C)C(C)(C)C)n1. The molecule has 6 heteroatoms. The highest BCUT2D eigenvalue weighted by Gasteiger charge is 2.46. The van der Waals surface area contributed by atoms with Crippen molar-refractivity contribution in [3.8, 4) is 0 Å². The summed E-state index contributed by atoms with van der Waals surface area (Å²) in [4.78, 5) is 29.8. The Morgan fingerprint density at radius 2 is 1.59 bits per heavy atom. The van der Waals surface area contributed by atoms with Gasteiger partial charge in [-0.05, 0) is 58.0 Å². The molecule has 0 atom stereocenters. The maximum absolute atomic E-state index is 13.1. The average Bonchev–Trinajstić information content (AvgIpc) is 2.57. The van der Waals surface area contributed by atoms with Crippen LogP contribution < -0.4 is 0 Å². The van der Waals surface area contributed by atoms with E-state index >= 15 is 0 Å². The Bertz CT molecular complexity index is 702. The molecule has 0 saturated heterocycles. The van der Waals surface area contributed by atoms with Crippen molar-refractivity contribution >= 4 is 20.1 Å². The number of carbonyl (C=O) groups is 2. The molecule has 1 aromatic heterocycles. The second kappa shape index (κ2) is 7.84. The predicted octanol–water partition coefficient (Wildman–Crippen LogP) is 4.65. The van der Waals surface area contributed by atoms with Gasteiger partial charge in [-0.25, -0.2) is 0 Å². The lowest BCUT2D eigenvalue weighted by Crippen LogP contribution is -2.45. The van der Waals surface area contributed by atoms with Crippen molar-refractivity contribution in [2.45, 2.75) is 78.6 Å². The summed E-state index contributed by atoms with van der Waals surface area (Å²) in [5, 5.41) is 0.115. The van der Waals surface area contributed by atoms with Gasteiger partial charge in [-0.15, -0.1) is 0 Å². The molecule has 1 heterocycles. The van der Waals surface area contributed by atoms with E-state index in [1.807, 2.05) is 18.2 Å². The van der Waals surface area contributed by atoms with Crippen molar-refractivity contribution in [1.29, 1.82) is 0 Å². The van der Waals surface area contributed by atoms with Gasteiger partial charge in [0.2, 0.25) is 0 Å². The van der Waals surface area contributed by atoms with Crippen LogP contribution in [0.5, 0.6) is 0 Å². The van der Waals surface area contributed by atoms with Crippen LogP contribution in [-0.4, -0.2) is 32.2 Å². The summed E-state index contributed by atoms with van der Waals surface area (Å²) in [5.41, 5.74) is -0.756. The van der Waals surface area contributed by atoms with E-state index in [2.05, 4.69) is 38.8 Å². The lowest BCUT2D eigenvalue weighted by Gasteiger charge is -2.36. The molecule has 1 aromatic rings. The van der Waals surface area contributed by atoms with Gasteiger partial charge in [-0.2, -0.15) is 0 Å². The minimum Gasteiger partial charge on any atom is -0.468 e. The van der Waals surface area contributed by atoms with Gasteiger partial charge in [0, 0.05) is 0 Å². The monoisotopic (exact) mass is 393 g/mol. The number of aromatic nitrogens is 1.